The van der Waals surface area contributed by atoms with Gasteiger partial charge in [0, 0.05) is 12.5 Å². The molecule has 132 valence electrons. The van der Waals surface area contributed by atoms with Gasteiger partial charge < -0.3 is 10.1 Å². The Bertz CT molecular complexity index is 514. The molecule has 0 saturated heterocycles. The molecule has 2 aliphatic carbocycles. The first-order valence-corrected chi connectivity index (χ1v) is 9.84. The highest BCUT2D eigenvalue weighted by atomic mass is 16.5. The fourth-order valence-electron chi connectivity index (χ4n) is 3.95. The summed E-state index contributed by atoms with van der Waals surface area (Å²) >= 11 is 0. The van der Waals surface area contributed by atoms with Gasteiger partial charge in [-0.25, -0.2) is 0 Å². The molecule has 1 N–H and O–H groups in total. The van der Waals surface area contributed by atoms with Crippen molar-refractivity contribution in [2.75, 3.05) is 0 Å². The third-order valence-electron chi connectivity index (χ3n) is 5.36. The fraction of sp³-hybridized carbons (Fsp3) is 0.667. The lowest BCUT2D eigenvalue weighted by Crippen LogP contribution is -2.34. The molecule has 0 heterocycles. The topological polar surface area (TPSA) is 38.3 Å². The normalized spacial score (nSPS) is 19.8. The van der Waals surface area contributed by atoms with Crippen LogP contribution >= 0.6 is 0 Å². The highest BCUT2D eigenvalue weighted by molar-refractivity contribution is 5.76. The largest absolute Gasteiger partial charge is 0.490 e. The summed E-state index contributed by atoms with van der Waals surface area (Å²) < 4.78 is 6.06. The van der Waals surface area contributed by atoms with Crippen LogP contribution in [0.2, 0.25) is 0 Å². The summed E-state index contributed by atoms with van der Waals surface area (Å²) in [4.78, 5) is 12.2. The number of rotatable bonds is 6. The molecule has 0 radical (unpaired) electrons. The van der Waals surface area contributed by atoms with Gasteiger partial charge in [0.2, 0.25) is 5.91 Å². The molecule has 1 aromatic carbocycles. The monoisotopic (exact) mass is 329 g/mol. The number of benzene rings is 1. The third-order valence-corrected chi connectivity index (χ3v) is 5.36. The Morgan fingerprint density at radius 2 is 1.71 bits per heavy atom. The van der Waals surface area contributed by atoms with E-state index in [4.69, 9.17) is 4.74 Å². The first-order chi connectivity index (χ1) is 11.8. The fourth-order valence-corrected chi connectivity index (χ4v) is 3.95. The molecule has 3 nitrogen and oxygen atoms in total. The average Bonchev–Trinajstić information content (AvgIpc) is 2.96. The van der Waals surface area contributed by atoms with Gasteiger partial charge in [-0.15, -0.1) is 0 Å². The van der Waals surface area contributed by atoms with E-state index < -0.39 is 0 Å². The van der Waals surface area contributed by atoms with Crippen molar-refractivity contribution >= 4 is 5.91 Å². The molecule has 0 spiro atoms. The van der Waals surface area contributed by atoms with Crippen molar-refractivity contribution in [3.8, 4) is 5.75 Å². The van der Waals surface area contributed by atoms with Gasteiger partial charge in [0.1, 0.15) is 5.75 Å². The van der Waals surface area contributed by atoms with Crippen molar-refractivity contribution < 1.29 is 9.53 Å². The smallest absolute Gasteiger partial charge is 0.220 e. The van der Waals surface area contributed by atoms with Crippen molar-refractivity contribution in [3.63, 3.8) is 0 Å². The quantitative estimate of drug-likeness (QED) is 0.763. The molecular formula is C21H31NO2. The summed E-state index contributed by atoms with van der Waals surface area (Å²) in [7, 11) is 0. The first kappa shape index (κ1) is 17.3. The summed E-state index contributed by atoms with van der Waals surface area (Å²) in [5, 5.41) is 3.23. The molecule has 1 amide bonds. The highest BCUT2D eigenvalue weighted by Gasteiger charge is 2.17. The second kappa shape index (κ2) is 9.10. The zero-order chi connectivity index (χ0) is 16.6. The third kappa shape index (κ3) is 5.54. The van der Waals surface area contributed by atoms with Crippen LogP contribution in [0.15, 0.2) is 24.3 Å². The highest BCUT2D eigenvalue weighted by Crippen LogP contribution is 2.25. The van der Waals surface area contributed by atoms with Gasteiger partial charge in [-0.3, -0.25) is 4.79 Å². The SMILES string of the molecule is O=C(CCc1cccc(OC2CCCC2)c1)NC1CCCCCC1. The van der Waals surface area contributed by atoms with Gasteiger partial charge in [0.25, 0.3) is 0 Å². The number of aryl methyl sites for hydroxylation is 1. The lowest BCUT2D eigenvalue weighted by molar-refractivity contribution is -0.121. The van der Waals surface area contributed by atoms with Crippen LogP contribution in [0.25, 0.3) is 0 Å². The minimum Gasteiger partial charge on any atom is -0.490 e. The Morgan fingerprint density at radius 1 is 1.00 bits per heavy atom. The van der Waals surface area contributed by atoms with Crippen LogP contribution in [-0.2, 0) is 11.2 Å². The van der Waals surface area contributed by atoms with Crippen LogP contribution in [0, 0.1) is 0 Å². The molecule has 2 saturated carbocycles. The summed E-state index contributed by atoms with van der Waals surface area (Å²) in [6.07, 6.45) is 14.1. The van der Waals surface area contributed by atoms with Crippen molar-refractivity contribution in [1.82, 2.24) is 5.32 Å². The van der Waals surface area contributed by atoms with Crippen LogP contribution in [0.1, 0.15) is 76.2 Å². The van der Waals surface area contributed by atoms with Crippen LogP contribution < -0.4 is 10.1 Å². The van der Waals surface area contributed by atoms with E-state index in [0.717, 1.165) is 25.0 Å². The van der Waals surface area contributed by atoms with Crippen molar-refractivity contribution in [2.24, 2.45) is 0 Å². The standard InChI is InChI=1S/C21H31NO2/c23-21(22-18-9-3-1-2-4-10-18)15-14-17-8-7-13-20(16-17)24-19-11-5-6-12-19/h7-8,13,16,18-19H,1-6,9-12,14-15H2,(H,22,23). The first-order valence-electron chi connectivity index (χ1n) is 9.84. The molecule has 0 unspecified atom stereocenters. The molecule has 2 fully saturated rings. The van der Waals surface area contributed by atoms with Crippen molar-refractivity contribution in [2.45, 2.75) is 89.2 Å². The van der Waals surface area contributed by atoms with Gasteiger partial charge in [0.15, 0.2) is 0 Å². The van der Waals surface area contributed by atoms with E-state index >= 15 is 0 Å². The van der Waals surface area contributed by atoms with E-state index in [2.05, 4.69) is 17.4 Å². The van der Waals surface area contributed by atoms with Crippen molar-refractivity contribution in [1.29, 1.82) is 0 Å². The summed E-state index contributed by atoms with van der Waals surface area (Å²) in [6, 6.07) is 8.69. The molecule has 3 heteroatoms. The van der Waals surface area contributed by atoms with Gasteiger partial charge in [0.05, 0.1) is 6.10 Å². The number of nitrogens with one attached hydrogen (secondary N) is 1. The minimum atomic E-state index is 0.198. The maximum absolute atomic E-state index is 12.2. The average molecular weight is 329 g/mol. The molecule has 0 aliphatic heterocycles. The zero-order valence-corrected chi connectivity index (χ0v) is 14.8. The number of carbonyl (C=O) groups is 1. The van der Waals surface area contributed by atoms with Crippen LogP contribution in [-0.4, -0.2) is 18.1 Å². The number of amides is 1. The van der Waals surface area contributed by atoms with Gasteiger partial charge >= 0.3 is 0 Å². The second-order valence-electron chi connectivity index (χ2n) is 7.43. The summed E-state index contributed by atoms with van der Waals surface area (Å²) in [5.41, 5.74) is 1.20. The van der Waals surface area contributed by atoms with Crippen molar-refractivity contribution in [3.05, 3.63) is 29.8 Å². The van der Waals surface area contributed by atoms with Gasteiger partial charge in [-0.1, -0.05) is 37.8 Å². The lowest BCUT2D eigenvalue weighted by Gasteiger charge is -2.16. The molecule has 2 aliphatic rings. The zero-order valence-electron chi connectivity index (χ0n) is 14.8. The van der Waals surface area contributed by atoms with E-state index in [1.54, 1.807) is 0 Å². The maximum atomic E-state index is 12.2. The molecule has 0 aromatic heterocycles. The maximum Gasteiger partial charge on any atom is 0.220 e. The predicted octanol–water partition coefficient (Wildman–Crippen LogP) is 4.78. The van der Waals surface area contributed by atoms with Gasteiger partial charge in [-0.2, -0.15) is 0 Å². The van der Waals surface area contributed by atoms with Crippen LogP contribution in [0.4, 0.5) is 0 Å². The Morgan fingerprint density at radius 3 is 2.46 bits per heavy atom. The number of carbonyl (C=O) groups excluding carboxylic acids is 1. The van der Waals surface area contributed by atoms with E-state index in [0.29, 0.717) is 18.6 Å². The Labute approximate surface area is 146 Å². The van der Waals surface area contributed by atoms with E-state index in [9.17, 15) is 4.79 Å². The predicted molar refractivity (Wildman–Crippen MR) is 97.3 cm³/mol. The van der Waals surface area contributed by atoms with E-state index in [1.807, 2.05) is 12.1 Å². The number of hydrogen-bond donors (Lipinski definition) is 1. The number of hydrogen-bond acceptors (Lipinski definition) is 2. The molecular weight excluding hydrogens is 298 g/mol. The molecule has 0 atom stereocenters. The van der Waals surface area contributed by atoms with E-state index in [-0.39, 0.29) is 5.91 Å². The Balaban J connectivity index is 1.44. The lowest BCUT2D eigenvalue weighted by atomic mass is 10.1. The minimum absolute atomic E-state index is 0.198. The summed E-state index contributed by atoms with van der Waals surface area (Å²) in [5.74, 6) is 1.16. The summed E-state index contributed by atoms with van der Waals surface area (Å²) in [6.45, 7) is 0. The van der Waals surface area contributed by atoms with Crippen LogP contribution in [0.3, 0.4) is 0 Å². The Hall–Kier alpha value is -1.51. The van der Waals surface area contributed by atoms with Gasteiger partial charge in [-0.05, 0) is 62.6 Å². The molecule has 0 bridgehead atoms. The Kier molecular flexibility index (Phi) is 6.57. The van der Waals surface area contributed by atoms with Crippen LogP contribution in [0.5, 0.6) is 5.75 Å². The molecule has 3 rings (SSSR count). The number of ether oxygens (including phenoxy) is 1. The van der Waals surface area contributed by atoms with E-state index in [1.165, 1.54) is 56.9 Å². The molecule has 1 aromatic rings. The molecule has 24 heavy (non-hydrogen) atoms. The second-order valence-corrected chi connectivity index (χ2v) is 7.43.